The number of amides is 1. The number of hydrogen-bond acceptors (Lipinski definition) is 8. The van der Waals surface area contributed by atoms with E-state index in [2.05, 4.69) is 14.9 Å². The van der Waals surface area contributed by atoms with Crippen LogP contribution in [0.15, 0.2) is 24.3 Å². The number of fused-ring (bicyclic) bond motifs is 2. The van der Waals surface area contributed by atoms with Gasteiger partial charge in [0.2, 0.25) is 0 Å². The number of hydrogen-bond donors (Lipinski definition) is 3. The van der Waals surface area contributed by atoms with Crippen LogP contribution in [0, 0.1) is 5.82 Å². The highest BCUT2D eigenvalue weighted by Gasteiger charge is 2.37. The van der Waals surface area contributed by atoms with Crippen molar-refractivity contribution < 1.29 is 24.1 Å². The third-order valence-electron chi connectivity index (χ3n) is 7.30. The Kier molecular flexibility index (Phi) is 7.62. The number of phenols is 1. The Bertz CT molecular complexity index is 1340. The average Bonchev–Trinajstić information content (AvgIpc) is 3.06. The summed E-state index contributed by atoms with van der Waals surface area (Å²) in [5, 5.41) is 21.8. The average molecular weight is 524 g/mol. The quantitative estimate of drug-likeness (QED) is 0.409. The number of aliphatic hydroxyl groups is 1. The highest BCUT2D eigenvalue weighted by Crippen LogP contribution is 2.41. The number of anilines is 2. The van der Waals surface area contributed by atoms with Crippen molar-refractivity contribution in [3.8, 4) is 11.8 Å². The summed E-state index contributed by atoms with van der Waals surface area (Å²) in [6.45, 7) is 3.82. The van der Waals surface area contributed by atoms with E-state index in [0.29, 0.717) is 58.5 Å². The summed E-state index contributed by atoms with van der Waals surface area (Å²) in [5.41, 5.74) is 7.35. The molecule has 202 valence electrons. The van der Waals surface area contributed by atoms with Gasteiger partial charge in [0.25, 0.3) is 5.91 Å². The molecule has 1 aromatic heterocycles. The molecule has 1 amide bonds. The van der Waals surface area contributed by atoms with Crippen LogP contribution in [0.2, 0.25) is 0 Å². The van der Waals surface area contributed by atoms with E-state index >= 15 is 0 Å². The molecule has 38 heavy (non-hydrogen) atoms. The van der Waals surface area contributed by atoms with Gasteiger partial charge in [-0.2, -0.15) is 9.97 Å². The maximum atomic E-state index is 14.8. The van der Waals surface area contributed by atoms with Crippen molar-refractivity contribution in [2.45, 2.75) is 58.1 Å². The van der Waals surface area contributed by atoms with Crippen molar-refractivity contribution in [1.29, 1.82) is 0 Å². The summed E-state index contributed by atoms with van der Waals surface area (Å²) >= 11 is 0. The minimum Gasteiger partial charge on any atom is -0.508 e. The summed E-state index contributed by atoms with van der Waals surface area (Å²) in [4.78, 5) is 26.8. The fourth-order valence-electron chi connectivity index (χ4n) is 5.41. The lowest BCUT2D eigenvalue weighted by Gasteiger charge is -2.24. The summed E-state index contributed by atoms with van der Waals surface area (Å²) in [6, 6.07) is 6.17. The van der Waals surface area contributed by atoms with Crippen LogP contribution < -0.4 is 20.3 Å². The van der Waals surface area contributed by atoms with E-state index in [-0.39, 0.29) is 36.6 Å². The van der Waals surface area contributed by atoms with E-state index in [1.54, 1.807) is 12.1 Å². The summed E-state index contributed by atoms with van der Waals surface area (Å²) in [7, 11) is 0. The van der Waals surface area contributed by atoms with Gasteiger partial charge < -0.3 is 30.5 Å². The van der Waals surface area contributed by atoms with E-state index in [1.807, 2.05) is 6.92 Å². The largest absolute Gasteiger partial charge is 0.508 e. The zero-order chi connectivity index (χ0) is 26.8. The number of ether oxygens (including phenoxy) is 1. The van der Waals surface area contributed by atoms with Crippen molar-refractivity contribution in [2.24, 2.45) is 5.73 Å². The van der Waals surface area contributed by atoms with E-state index in [0.717, 1.165) is 38.8 Å². The number of aromatic nitrogens is 2. The molecular weight excluding hydrogens is 489 g/mol. The van der Waals surface area contributed by atoms with Crippen molar-refractivity contribution in [1.82, 2.24) is 9.97 Å². The first-order chi connectivity index (χ1) is 18.4. The number of nitrogens with two attached hydrogens (primary N) is 1. The van der Waals surface area contributed by atoms with E-state index in [1.165, 1.54) is 17.0 Å². The molecule has 0 unspecified atom stereocenters. The Balaban J connectivity index is 1.59. The van der Waals surface area contributed by atoms with Gasteiger partial charge in [-0.05, 0) is 55.3 Å². The zero-order valence-corrected chi connectivity index (χ0v) is 21.6. The summed E-state index contributed by atoms with van der Waals surface area (Å²) < 4.78 is 20.6. The number of aromatic hydroxyl groups is 1. The molecule has 2 aromatic carbocycles. The lowest BCUT2D eigenvalue weighted by Crippen LogP contribution is -2.29. The van der Waals surface area contributed by atoms with Crippen molar-refractivity contribution in [3.05, 3.63) is 46.9 Å². The van der Waals surface area contributed by atoms with E-state index in [9.17, 15) is 19.4 Å². The summed E-state index contributed by atoms with van der Waals surface area (Å²) in [6.07, 6.45) is 4.25. The van der Waals surface area contributed by atoms with E-state index in [4.69, 9.17) is 10.5 Å². The molecule has 9 nitrogen and oxygen atoms in total. The lowest BCUT2D eigenvalue weighted by atomic mass is 9.99. The molecule has 0 radical (unpaired) electrons. The molecule has 10 heteroatoms. The lowest BCUT2D eigenvalue weighted by molar-refractivity contribution is 0.0964. The Labute approximate surface area is 221 Å². The number of carbonyl (C=O) groups excluding carboxylic acids is 1. The molecular formula is C28H34FN5O4. The van der Waals surface area contributed by atoms with Crippen LogP contribution in [0.1, 0.15) is 60.6 Å². The third kappa shape index (κ3) is 4.98. The van der Waals surface area contributed by atoms with Crippen LogP contribution in [0.4, 0.5) is 15.9 Å². The minimum atomic E-state index is -0.752. The number of aliphatic hydroxyl groups excluding tert-OH is 1. The third-order valence-corrected chi connectivity index (χ3v) is 7.30. The number of carbonyl (C=O) groups is 1. The Morgan fingerprint density at radius 1 is 1.16 bits per heavy atom. The van der Waals surface area contributed by atoms with Crippen molar-refractivity contribution >= 4 is 28.2 Å². The normalized spacial score (nSPS) is 16.6. The predicted octanol–water partition coefficient (Wildman–Crippen LogP) is 3.67. The van der Waals surface area contributed by atoms with Gasteiger partial charge in [0.1, 0.15) is 29.6 Å². The SMILES string of the molecule is CCc1c(F)ccc2cc(O)cc(N3Cc4nc(OC[C@@H](O)CCN)nc(N5CCCCCC5)c4C3=O)c12. The Morgan fingerprint density at radius 3 is 2.63 bits per heavy atom. The maximum Gasteiger partial charge on any atom is 0.318 e. The molecule has 1 fully saturated rings. The molecule has 1 saturated heterocycles. The van der Waals surface area contributed by atoms with Crippen LogP contribution in [0.5, 0.6) is 11.8 Å². The molecule has 2 aliphatic heterocycles. The van der Waals surface area contributed by atoms with E-state index < -0.39 is 6.10 Å². The fraction of sp³-hybridized carbons (Fsp3) is 0.464. The number of benzene rings is 2. The monoisotopic (exact) mass is 523 g/mol. The zero-order valence-electron chi connectivity index (χ0n) is 21.6. The molecule has 0 saturated carbocycles. The first-order valence-electron chi connectivity index (χ1n) is 13.3. The standard InChI is InChI=1S/C28H34FN5O4/c1-2-20-21(29)8-7-17-13-19(36)14-23(24(17)20)34-15-22-25(27(34)37)26(33-11-5-3-4-6-12-33)32-28(31-22)38-16-18(35)9-10-30/h7-8,13-14,18,35-36H,2-6,9-12,15-16,30H2,1H3/t18-/m0/s1. The van der Waals surface area contributed by atoms with Gasteiger partial charge in [0, 0.05) is 24.5 Å². The first-order valence-corrected chi connectivity index (χ1v) is 13.3. The smallest absolute Gasteiger partial charge is 0.318 e. The number of nitrogens with zero attached hydrogens (tertiary/aromatic N) is 4. The number of halogens is 1. The molecule has 1 atom stereocenters. The van der Waals surface area contributed by atoms with Crippen molar-refractivity contribution in [2.75, 3.05) is 36.0 Å². The number of rotatable bonds is 8. The second-order valence-corrected chi connectivity index (χ2v) is 9.93. The molecule has 0 bridgehead atoms. The van der Waals surface area contributed by atoms with Crippen LogP contribution in [-0.4, -0.2) is 58.4 Å². The Morgan fingerprint density at radius 2 is 1.92 bits per heavy atom. The molecule has 0 spiro atoms. The van der Waals surface area contributed by atoms with Gasteiger partial charge >= 0.3 is 6.01 Å². The second kappa shape index (κ2) is 11.1. The second-order valence-electron chi connectivity index (χ2n) is 9.93. The molecule has 2 aliphatic rings. The van der Waals surface area contributed by atoms with Crippen LogP contribution in [-0.2, 0) is 13.0 Å². The van der Waals surface area contributed by atoms with Gasteiger partial charge in [-0.1, -0.05) is 25.8 Å². The fourth-order valence-corrected chi connectivity index (χ4v) is 5.41. The first kappa shape index (κ1) is 26.1. The summed E-state index contributed by atoms with van der Waals surface area (Å²) in [5.74, 6) is -0.152. The molecule has 5 rings (SSSR count). The maximum absolute atomic E-state index is 14.8. The number of aryl methyl sites for hydroxylation is 1. The topological polar surface area (TPSA) is 125 Å². The van der Waals surface area contributed by atoms with Gasteiger partial charge in [-0.15, -0.1) is 0 Å². The van der Waals surface area contributed by atoms with Crippen LogP contribution in [0.3, 0.4) is 0 Å². The van der Waals surface area contributed by atoms with Crippen LogP contribution >= 0.6 is 0 Å². The van der Waals surface area contributed by atoms with Gasteiger partial charge in [0.05, 0.1) is 24.0 Å². The van der Waals surface area contributed by atoms with Gasteiger partial charge in [0.15, 0.2) is 0 Å². The minimum absolute atomic E-state index is 0.0105. The predicted molar refractivity (Wildman–Crippen MR) is 143 cm³/mol. The molecule has 4 N–H and O–H groups in total. The number of phenolic OH excluding ortho intramolecular Hbond substituents is 1. The van der Waals surface area contributed by atoms with Gasteiger partial charge in [-0.25, -0.2) is 4.39 Å². The molecule has 3 aromatic rings. The highest BCUT2D eigenvalue weighted by atomic mass is 19.1. The van der Waals surface area contributed by atoms with Crippen LogP contribution in [0.25, 0.3) is 10.8 Å². The Hall–Kier alpha value is -3.50. The molecule has 0 aliphatic carbocycles. The van der Waals surface area contributed by atoms with Crippen molar-refractivity contribution in [3.63, 3.8) is 0 Å². The van der Waals surface area contributed by atoms with Gasteiger partial charge in [-0.3, -0.25) is 4.79 Å². The molecule has 3 heterocycles. The highest BCUT2D eigenvalue weighted by molar-refractivity contribution is 6.16.